The number of halogens is 1. The average Bonchev–Trinajstić information content (AvgIpc) is 3.09. The van der Waals surface area contributed by atoms with E-state index in [2.05, 4.69) is 15.5 Å². The first-order valence-electron chi connectivity index (χ1n) is 10.5. The number of rotatable bonds is 7. The van der Waals surface area contributed by atoms with Crippen molar-refractivity contribution in [3.63, 3.8) is 0 Å². The molecule has 1 aliphatic heterocycles. The Hall–Kier alpha value is -2.71. The molecule has 7 nitrogen and oxygen atoms in total. The van der Waals surface area contributed by atoms with Gasteiger partial charge in [0.05, 0.1) is 18.0 Å². The van der Waals surface area contributed by atoms with Crippen LogP contribution in [0.1, 0.15) is 30.7 Å². The van der Waals surface area contributed by atoms with Gasteiger partial charge in [-0.05, 0) is 61.7 Å². The zero-order valence-electron chi connectivity index (χ0n) is 18.0. The third-order valence-corrected chi connectivity index (χ3v) is 6.89. The van der Waals surface area contributed by atoms with Crippen molar-refractivity contribution in [2.45, 2.75) is 43.2 Å². The molecule has 3 aromatic rings. The number of aryl methyl sites for hydroxylation is 1. The molecule has 1 saturated heterocycles. The number of hydrogen-bond acceptors (Lipinski definition) is 6. The zero-order valence-corrected chi connectivity index (χ0v) is 19.6. The summed E-state index contributed by atoms with van der Waals surface area (Å²) in [5.74, 6) is 2.12. The normalized spacial score (nSPS) is 16.3. The molecule has 9 heteroatoms. The van der Waals surface area contributed by atoms with Gasteiger partial charge >= 0.3 is 0 Å². The van der Waals surface area contributed by atoms with Crippen molar-refractivity contribution in [1.29, 1.82) is 0 Å². The molecule has 1 aromatic heterocycles. The summed E-state index contributed by atoms with van der Waals surface area (Å²) < 4.78 is 13.1. The number of amides is 1. The lowest BCUT2D eigenvalue weighted by Crippen LogP contribution is -2.30. The predicted molar refractivity (Wildman–Crippen MR) is 125 cm³/mol. The van der Waals surface area contributed by atoms with Gasteiger partial charge in [-0.3, -0.25) is 9.36 Å². The summed E-state index contributed by atoms with van der Waals surface area (Å²) in [6.45, 7) is 2.89. The lowest BCUT2D eigenvalue weighted by atomic mass is 10.2. The number of benzene rings is 2. The lowest BCUT2D eigenvalue weighted by Gasteiger charge is -2.15. The van der Waals surface area contributed by atoms with Crippen LogP contribution in [0, 0.1) is 6.92 Å². The summed E-state index contributed by atoms with van der Waals surface area (Å²) in [4.78, 5) is 12.5. The minimum absolute atomic E-state index is 0.0417. The quantitative estimate of drug-likeness (QED) is 0.542. The predicted octanol–water partition coefficient (Wildman–Crippen LogP) is 4.58. The molecule has 1 atom stereocenters. The maximum absolute atomic E-state index is 12.5. The summed E-state index contributed by atoms with van der Waals surface area (Å²) in [6, 6.07) is 13.2. The Morgan fingerprint density at radius 2 is 1.94 bits per heavy atom. The zero-order chi connectivity index (χ0) is 22.5. The Bertz CT molecular complexity index is 1090. The van der Waals surface area contributed by atoms with E-state index in [9.17, 15) is 4.79 Å². The maximum Gasteiger partial charge on any atom is 0.233 e. The fourth-order valence-electron chi connectivity index (χ4n) is 3.42. The van der Waals surface area contributed by atoms with Gasteiger partial charge in [-0.25, -0.2) is 0 Å². The van der Waals surface area contributed by atoms with Crippen LogP contribution in [-0.2, 0) is 11.4 Å². The molecular weight excluding hydrogens is 448 g/mol. The van der Waals surface area contributed by atoms with Crippen LogP contribution in [0.2, 0.25) is 5.02 Å². The molecule has 0 bridgehead atoms. The van der Waals surface area contributed by atoms with Crippen LogP contribution in [0.5, 0.6) is 11.5 Å². The highest BCUT2D eigenvalue weighted by atomic mass is 35.5. The Balaban J connectivity index is 1.63. The molecule has 0 saturated carbocycles. The highest BCUT2D eigenvalue weighted by Gasteiger charge is 2.26. The fraction of sp³-hybridized carbons (Fsp3) is 0.348. The molecule has 4 rings (SSSR count). The molecule has 168 valence electrons. The molecule has 1 unspecified atom stereocenters. The van der Waals surface area contributed by atoms with Gasteiger partial charge in [0.1, 0.15) is 18.1 Å². The van der Waals surface area contributed by atoms with E-state index in [4.69, 9.17) is 21.1 Å². The molecule has 2 heterocycles. The van der Waals surface area contributed by atoms with Gasteiger partial charge in [0.2, 0.25) is 5.91 Å². The SMILES string of the molecule is COc1ccc(OCc2nnc(SC3CCCCNC3=O)n2-c2ccc(C)c(Cl)c2)cc1. The number of aromatic nitrogens is 3. The van der Waals surface area contributed by atoms with Crippen molar-refractivity contribution < 1.29 is 14.3 Å². The first-order valence-corrected chi connectivity index (χ1v) is 11.7. The van der Waals surface area contributed by atoms with Crippen LogP contribution < -0.4 is 14.8 Å². The third kappa shape index (κ3) is 5.19. The number of nitrogens with one attached hydrogen (secondary N) is 1. The van der Waals surface area contributed by atoms with E-state index >= 15 is 0 Å². The van der Waals surface area contributed by atoms with E-state index in [1.807, 2.05) is 54.0 Å². The van der Waals surface area contributed by atoms with Crippen LogP contribution >= 0.6 is 23.4 Å². The minimum Gasteiger partial charge on any atom is -0.497 e. The smallest absolute Gasteiger partial charge is 0.233 e. The Labute approximate surface area is 196 Å². The molecule has 32 heavy (non-hydrogen) atoms. The Kier molecular flexibility index (Phi) is 7.22. The van der Waals surface area contributed by atoms with Gasteiger partial charge in [0, 0.05) is 11.6 Å². The molecule has 1 N–H and O–H groups in total. The number of thioether (sulfide) groups is 1. The second kappa shape index (κ2) is 10.3. The van der Waals surface area contributed by atoms with Crippen molar-refractivity contribution in [1.82, 2.24) is 20.1 Å². The van der Waals surface area contributed by atoms with E-state index in [1.165, 1.54) is 11.8 Å². The van der Waals surface area contributed by atoms with Gasteiger partial charge in [0.25, 0.3) is 0 Å². The number of methoxy groups -OCH3 is 1. The first kappa shape index (κ1) is 22.5. The second-order valence-electron chi connectivity index (χ2n) is 7.53. The fourth-order valence-corrected chi connectivity index (χ4v) is 4.73. The minimum atomic E-state index is -0.211. The van der Waals surface area contributed by atoms with Gasteiger partial charge in [-0.15, -0.1) is 10.2 Å². The maximum atomic E-state index is 12.5. The number of hydrogen-bond donors (Lipinski definition) is 1. The van der Waals surface area contributed by atoms with Crippen molar-refractivity contribution in [3.8, 4) is 17.2 Å². The largest absolute Gasteiger partial charge is 0.497 e. The molecule has 1 aliphatic rings. The second-order valence-corrected chi connectivity index (χ2v) is 9.10. The van der Waals surface area contributed by atoms with Gasteiger partial charge < -0.3 is 14.8 Å². The van der Waals surface area contributed by atoms with Crippen LogP contribution in [0.25, 0.3) is 5.69 Å². The van der Waals surface area contributed by atoms with E-state index in [0.29, 0.717) is 21.8 Å². The van der Waals surface area contributed by atoms with Crippen LogP contribution in [-0.4, -0.2) is 39.6 Å². The van der Waals surface area contributed by atoms with Gasteiger partial charge in [-0.2, -0.15) is 0 Å². The summed E-state index contributed by atoms with van der Waals surface area (Å²) in [5, 5.41) is 12.8. The highest BCUT2D eigenvalue weighted by Crippen LogP contribution is 2.31. The number of nitrogens with zero attached hydrogens (tertiary/aromatic N) is 3. The van der Waals surface area contributed by atoms with Gasteiger partial charge in [-0.1, -0.05) is 35.9 Å². The van der Waals surface area contributed by atoms with Crippen molar-refractivity contribution in [3.05, 3.63) is 58.9 Å². The third-order valence-electron chi connectivity index (χ3n) is 5.27. The molecule has 0 spiro atoms. The molecule has 0 radical (unpaired) electrons. The Morgan fingerprint density at radius 1 is 1.16 bits per heavy atom. The lowest BCUT2D eigenvalue weighted by molar-refractivity contribution is -0.120. The standard InChI is InChI=1S/C23H25ClN4O3S/c1-15-6-7-16(13-19(15)24)28-21(14-31-18-10-8-17(30-2)9-11-18)26-27-23(28)32-20-5-3-4-12-25-22(20)29/h6-11,13,20H,3-5,12,14H2,1-2H3,(H,25,29). The van der Waals surface area contributed by atoms with Gasteiger partial charge in [0.15, 0.2) is 11.0 Å². The van der Waals surface area contributed by atoms with E-state index < -0.39 is 0 Å². The summed E-state index contributed by atoms with van der Waals surface area (Å²) >= 11 is 7.83. The van der Waals surface area contributed by atoms with E-state index in [1.54, 1.807) is 7.11 Å². The molecule has 0 aliphatic carbocycles. The monoisotopic (exact) mass is 472 g/mol. The van der Waals surface area contributed by atoms with Crippen molar-refractivity contribution in [2.75, 3.05) is 13.7 Å². The summed E-state index contributed by atoms with van der Waals surface area (Å²) in [5.41, 5.74) is 1.81. The topological polar surface area (TPSA) is 78.3 Å². The van der Waals surface area contributed by atoms with E-state index in [-0.39, 0.29) is 17.8 Å². The van der Waals surface area contributed by atoms with E-state index in [0.717, 1.165) is 42.8 Å². The Morgan fingerprint density at radius 3 is 2.69 bits per heavy atom. The molecule has 2 aromatic carbocycles. The molecular formula is C23H25ClN4O3S. The molecule has 1 amide bonds. The van der Waals surface area contributed by atoms with Crippen LogP contribution in [0.3, 0.4) is 0 Å². The van der Waals surface area contributed by atoms with Crippen molar-refractivity contribution >= 4 is 29.3 Å². The summed E-state index contributed by atoms with van der Waals surface area (Å²) in [7, 11) is 1.62. The number of carbonyl (C=O) groups is 1. The summed E-state index contributed by atoms with van der Waals surface area (Å²) in [6.07, 6.45) is 2.79. The average molecular weight is 473 g/mol. The molecule has 1 fully saturated rings. The van der Waals surface area contributed by atoms with Crippen LogP contribution in [0.4, 0.5) is 0 Å². The highest BCUT2D eigenvalue weighted by molar-refractivity contribution is 8.00. The van der Waals surface area contributed by atoms with Crippen LogP contribution in [0.15, 0.2) is 47.6 Å². The van der Waals surface area contributed by atoms with Crippen molar-refractivity contribution in [2.24, 2.45) is 0 Å². The number of carbonyl (C=O) groups excluding carboxylic acids is 1. The number of ether oxygens (including phenoxy) is 2. The first-order chi connectivity index (χ1) is 15.5.